The van der Waals surface area contributed by atoms with Gasteiger partial charge in [-0.25, -0.2) is 13.9 Å². The molecule has 3 rings (SSSR count). The molecule has 24 heavy (non-hydrogen) atoms. The summed E-state index contributed by atoms with van der Waals surface area (Å²) in [5.74, 6) is -0.456. The normalized spacial score (nSPS) is 20.2. The van der Waals surface area contributed by atoms with Gasteiger partial charge in [0, 0.05) is 26.1 Å². The lowest BCUT2D eigenvalue weighted by Crippen LogP contribution is -2.36. The standard InChI is InChI=1S/C16H19FN4O3/c1-20-10-19-21(16(20)23)9-14(22)18-8-12-6-7-24-15(12)11-2-4-13(17)5-3-11/h2-5,10,12,15H,6-9H2,1H3,(H,18,22)/t12-,15-/m0/s1. The molecule has 1 aliphatic heterocycles. The second-order valence-corrected chi connectivity index (χ2v) is 5.88. The predicted molar refractivity (Wildman–Crippen MR) is 83.7 cm³/mol. The van der Waals surface area contributed by atoms with Crippen molar-refractivity contribution in [1.82, 2.24) is 19.7 Å². The Hall–Kier alpha value is -2.48. The lowest BCUT2D eigenvalue weighted by molar-refractivity contribution is -0.122. The van der Waals surface area contributed by atoms with E-state index in [2.05, 4.69) is 10.4 Å². The van der Waals surface area contributed by atoms with E-state index in [0.29, 0.717) is 13.2 Å². The van der Waals surface area contributed by atoms with E-state index in [1.165, 1.54) is 23.0 Å². The number of benzene rings is 1. The van der Waals surface area contributed by atoms with Crippen molar-refractivity contribution in [2.24, 2.45) is 13.0 Å². The van der Waals surface area contributed by atoms with Gasteiger partial charge in [-0.1, -0.05) is 12.1 Å². The Morgan fingerprint density at radius 2 is 2.17 bits per heavy atom. The van der Waals surface area contributed by atoms with Gasteiger partial charge in [-0.2, -0.15) is 5.10 Å². The second kappa shape index (κ2) is 6.96. The van der Waals surface area contributed by atoms with E-state index in [-0.39, 0.29) is 36.0 Å². The maximum atomic E-state index is 13.0. The minimum atomic E-state index is -0.335. The molecular weight excluding hydrogens is 315 g/mol. The summed E-state index contributed by atoms with van der Waals surface area (Å²) in [4.78, 5) is 23.7. The molecule has 8 heteroatoms. The molecule has 0 spiro atoms. The number of hydrogen-bond acceptors (Lipinski definition) is 4. The van der Waals surface area contributed by atoms with Gasteiger partial charge in [0.25, 0.3) is 0 Å². The second-order valence-electron chi connectivity index (χ2n) is 5.88. The van der Waals surface area contributed by atoms with E-state index in [1.54, 1.807) is 19.2 Å². The molecule has 128 valence electrons. The Labute approximate surface area is 138 Å². The Morgan fingerprint density at radius 3 is 2.83 bits per heavy atom. The zero-order valence-electron chi connectivity index (χ0n) is 13.3. The number of nitrogens with one attached hydrogen (secondary N) is 1. The van der Waals surface area contributed by atoms with Gasteiger partial charge in [0.2, 0.25) is 5.91 Å². The molecule has 1 aromatic heterocycles. The smallest absolute Gasteiger partial charge is 0.345 e. The number of ether oxygens (including phenoxy) is 1. The predicted octanol–water partition coefficient (Wildman–Crippen LogP) is 0.615. The van der Waals surface area contributed by atoms with Crippen molar-refractivity contribution in [3.05, 3.63) is 52.5 Å². The van der Waals surface area contributed by atoms with Gasteiger partial charge in [-0.3, -0.25) is 9.36 Å². The average molecular weight is 334 g/mol. The van der Waals surface area contributed by atoms with Crippen LogP contribution in [0.4, 0.5) is 4.39 Å². The summed E-state index contributed by atoms with van der Waals surface area (Å²) in [6.45, 7) is 0.916. The Bertz CT molecular complexity index is 768. The molecule has 1 N–H and O–H groups in total. The van der Waals surface area contributed by atoms with Crippen molar-refractivity contribution in [3.63, 3.8) is 0 Å². The van der Waals surface area contributed by atoms with Crippen LogP contribution in [0.3, 0.4) is 0 Å². The summed E-state index contributed by atoms with van der Waals surface area (Å²) in [6.07, 6.45) is 2.01. The van der Waals surface area contributed by atoms with E-state index in [1.807, 2.05) is 0 Å². The maximum absolute atomic E-state index is 13.0. The molecule has 0 aliphatic carbocycles. The van der Waals surface area contributed by atoms with Crippen molar-refractivity contribution in [2.75, 3.05) is 13.2 Å². The number of nitrogens with zero attached hydrogens (tertiary/aromatic N) is 3. The lowest BCUT2D eigenvalue weighted by Gasteiger charge is -2.19. The highest BCUT2D eigenvalue weighted by Gasteiger charge is 2.29. The first kappa shape index (κ1) is 16.4. The van der Waals surface area contributed by atoms with E-state index in [4.69, 9.17) is 4.74 Å². The molecule has 1 amide bonds. The number of aromatic nitrogens is 3. The first-order valence-electron chi connectivity index (χ1n) is 7.77. The molecular formula is C16H19FN4O3. The summed E-state index contributed by atoms with van der Waals surface area (Å²) < 4.78 is 21.2. The van der Waals surface area contributed by atoms with Crippen molar-refractivity contribution in [3.8, 4) is 0 Å². The van der Waals surface area contributed by atoms with Gasteiger partial charge in [0.1, 0.15) is 18.7 Å². The van der Waals surface area contributed by atoms with Crippen LogP contribution in [0.25, 0.3) is 0 Å². The SMILES string of the molecule is Cn1cnn(CC(=O)NC[C@@H]2CCO[C@H]2c2ccc(F)cc2)c1=O. The average Bonchev–Trinajstić information content (AvgIpc) is 3.16. The number of amides is 1. The zero-order chi connectivity index (χ0) is 17.1. The fourth-order valence-electron chi connectivity index (χ4n) is 2.83. The quantitative estimate of drug-likeness (QED) is 0.869. The zero-order valence-corrected chi connectivity index (χ0v) is 13.3. The maximum Gasteiger partial charge on any atom is 0.345 e. The molecule has 2 heterocycles. The van der Waals surface area contributed by atoms with Gasteiger partial charge >= 0.3 is 5.69 Å². The summed E-state index contributed by atoms with van der Waals surface area (Å²) >= 11 is 0. The van der Waals surface area contributed by atoms with Crippen LogP contribution in [0.2, 0.25) is 0 Å². The van der Waals surface area contributed by atoms with Crippen LogP contribution < -0.4 is 11.0 Å². The summed E-state index contributed by atoms with van der Waals surface area (Å²) in [5, 5.41) is 6.67. The number of rotatable bonds is 5. The molecule has 1 aromatic carbocycles. The third-order valence-corrected chi connectivity index (χ3v) is 4.15. The first-order valence-corrected chi connectivity index (χ1v) is 7.77. The monoisotopic (exact) mass is 334 g/mol. The van der Waals surface area contributed by atoms with Crippen LogP contribution in [0.5, 0.6) is 0 Å². The number of hydrogen-bond donors (Lipinski definition) is 1. The molecule has 2 atom stereocenters. The first-order chi connectivity index (χ1) is 11.5. The van der Waals surface area contributed by atoms with Crippen molar-refractivity contribution in [2.45, 2.75) is 19.1 Å². The fourth-order valence-corrected chi connectivity index (χ4v) is 2.83. The summed E-state index contributed by atoms with van der Waals surface area (Å²) in [7, 11) is 1.58. The molecule has 2 aromatic rings. The highest BCUT2D eigenvalue weighted by atomic mass is 19.1. The van der Waals surface area contributed by atoms with Crippen molar-refractivity contribution >= 4 is 5.91 Å². The third kappa shape index (κ3) is 3.53. The van der Waals surface area contributed by atoms with Gasteiger partial charge in [-0.05, 0) is 24.1 Å². The number of carbonyl (C=O) groups is 1. The summed E-state index contributed by atoms with van der Waals surface area (Å²) in [6, 6.07) is 6.21. The van der Waals surface area contributed by atoms with Gasteiger partial charge in [0.05, 0.1) is 6.10 Å². The third-order valence-electron chi connectivity index (χ3n) is 4.15. The van der Waals surface area contributed by atoms with Crippen LogP contribution in [0.1, 0.15) is 18.1 Å². The van der Waals surface area contributed by atoms with E-state index in [9.17, 15) is 14.0 Å². The minimum absolute atomic E-state index is 0.111. The van der Waals surface area contributed by atoms with Gasteiger partial charge in [-0.15, -0.1) is 0 Å². The Balaban J connectivity index is 1.57. The van der Waals surface area contributed by atoms with Crippen molar-refractivity contribution < 1.29 is 13.9 Å². The highest BCUT2D eigenvalue weighted by molar-refractivity contribution is 5.75. The lowest BCUT2D eigenvalue weighted by atomic mass is 9.95. The van der Waals surface area contributed by atoms with Crippen LogP contribution in [0, 0.1) is 11.7 Å². The van der Waals surface area contributed by atoms with Crippen LogP contribution >= 0.6 is 0 Å². The Morgan fingerprint density at radius 1 is 1.42 bits per heavy atom. The summed E-state index contributed by atoms with van der Waals surface area (Å²) in [5.41, 5.74) is 0.563. The molecule has 0 unspecified atom stereocenters. The molecule has 0 saturated carbocycles. The van der Waals surface area contributed by atoms with E-state index >= 15 is 0 Å². The van der Waals surface area contributed by atoms with Crippen LogP contribution in [-0.4, -0.2) is 33.4 Å². The fraction of sp³-hybridized carbons (Fsp3) is 0.438. The topological polar surface area (TPSA) is 78.2 Å². The number of carbonyl (C=O) groups excluding carboxylic acids is 1. The molecule has 0 radical (unpaired) electrons. The molecule has 1 saturated heterocycles. The molecule has 1 aliphatic rings. The Kier molecular flexibility index (Phi) is 4.75. The van der Waals surface area contributed by atoms with Crippen LogP contribution in [0.15, 0.2) is 35.4 Å². The molecule has 7 nitrogen and oxygen atoms in total. The van der Waals surface area contributed by atoms with Gasteiger partial charge < -0.3 is 10.1 Å². The van der Waals surface area contributed by atoms with E-state index in [0.717, 1.165) is 16.7 Å². The highest BCUT2D eigenvalue weighted by Crippen LogP contribution is 2.34. The van der Waals surface area contributed by atoms with Crippen LogP contribution in [-0.2, 0) is 23.1 Å². The minimum Gasteiger partial charge on any atom is -0.373 e. The van der Waals surface area contributed by atoms with Crippen molar-refractivity contribution in [1.29, 1.82) is 0 Å². The molecule has 1 fully saturated rings. The molecule has 0 bridgehead atoms. The largest absolute Gasteiger partial charge is 0.373 e. The van der Waals surface area contributed by atoms with E-state index < -0.39 is 0 Å². The number of halogens is 1. The number of aryl methyl sites for hydroxylation is 1. The van der Waals surface area contributed by atoms with Gasteiger partial charge in [0.15, 0.2) is 0 Å².